The van der Waals surface area contributed by atoms with E-state index in [4.69, 9.17) is 0 Å². The highest BCUT2D eigenvalue weighted by Crippen LogP contribution is 2.74. The molecule has 0 fully saturated rings. The molecule has 0 aromatic heterocycles. The number of benzene rings is 4. The van der Waals surface area contributed by atoms with Crippen LogP contribution in [-0.2, 0) is 26.2 Å². The van der Waals surface area contributed by atoms with Crippen LogP contribution in [0.5, 0.6) is 0 Å². The first-order valence-corrected chi connectivity index (χ1v) is 22.0. The van der Waals surface area contributed by atoms with Crippen molar-refractivity contribution in [2.45, 2.75) is 130 Å². The third-order valence-electron chi connectivity index (χ3n) is 10.4. The molecule has 1 aliphatic heterocycles. The lowest BCUT2D eigenvalue weighted by atomic mass is 9.86. The Morgan fingerprint density at radius 1 is 0.436 bits per heavy atom. The van der Waals surface area contributed by atoms with Gasteiger partial charge in [-0.2, -0.15) is 0 Å². The summed E-state index contributed by atoms with van der Waals surface area (Å²) in [6, 6.07) is 35.0. The minimum absolute atomic E-state index is 0.0705. The van der Waals surface area contributed by atoms with Crippen LogP contribution in [-0.4, -0.2) is 18.8 Å². The summed E-state index contributed by atoms with van der Waals surface area (Å²) in [5, 5.41) is 0. The van der Waals surface area contributed by atoms with Crippen molar-refractivity contribution in [3.63, 3.8) is 0 Å². The normalized spacial score (nSPS) is 19.0. The van der Waals surface area contributed by atoms with Gasteiger partial charge in [0.05, 0.1) is 11.3 Å². The van der Waals surface area contributed by atoms with Crippen LogP contribution < -0.4 is 0 Å². The molecule has 3 heteroatoms. The third kappa shape index (κ3) is 12.1. The summed E-state index contributed by atoms with van der Waals surface area (Å²) < 4.78 is 16.4. The molecule has 4 aromatic carbocycles. The summed E-state index contributed by atoms with van der Waals surface area (Å²) in [5.74, 6) is 0. The maximum Gasteiger partial charge on any atom is 0.171 e. The molecule has 0 radical (unpaired) electrons. The smallest absolute Gasteiger partial charge is 0.171 e. The molecule has 0 spiro atoms. The lowest BCUT2D eigenvalue weighted by Crippen LogP contribution is -2.16. The van der Waals surface area contributed by atoms with Gasteiger partial charge >= 0.3 is 0 Å². The summed E-state index contributed by atoms with van der Waals surface area (Å²) in [6.45, 7) is 30.8. The quantitative estimate of drug-likeness (QED) is 0.111. The van der Waals surface area contributed by atoms with E-state index in [0.717, 1.165) is 11.1 Å². The van der Waals surface area contributed by atoms with Crippen molar-refractivity contribution in [1.29, 1.82) is 0 Å². The Bertz CT molecular complexity index is 1780. The SMILES string of the molecule is CC.CC(C)(C)c1ccc(/C=C/C=C/c2ccc(C(C)(C)C)cc2)cc1.CN(C)P1(=O)[C@@H](c2ccc(C(C)(C)C)cc2)C=C[C@H]1c1ccc(C(C)(C)C)cc1. The summed E-state index contributed by atoms with van der Waals surface area (Å²) in [5.41, 5.74) is 10.6. The zero-order chi connectivity index (χ0) is 41.4. The average molecular weight is 758 g/mol. The van der Waals surface area contributed by atoms with Crippen molar-refractivity contribution in [2.24, 2.45) is 0 Å². The maximum absolute atomic E-state index is 14.4. The van der Waals surface area contributed by atoms with E-state index in [-0.39, 0.29) is 33.0 Å². The molecule has 0 bridgehead atoms. The second-order valence-corrected chi connectivity index (χ2v) is 22.3. The number of rotatable bonds is 6. The molecule has 55 heavy (non-hydrogen) atoms. The Labute approximate surface area is 337 Å². The van der Waals surface area contributed by atoms with Crippen molar-refractivity contribution in [3.05, 3.63) is 166 Å². The van der Waals surface area contributed by atoms with Gasteiger partial charge in [-0.25, -0.2) is 0 Å². The Morgan fingerprint density at radius 3 is 0.891 bits per heavy atom. The highest BCUT2D eigenvalue weighted by Gasteiger charge is 2.46. The standard InChI is InChI=1S/C26H36NOP.C24H30.C2H6/c1-25(2,3)21-13-9-19(10-14-21)23-17-18-24(29(23,28)27(7)8)20-11-15-22(16-12-20)26(4,5)6;1-23(2,3)21-15-11-19(12-16-21)9-7-8-10-20-13-17-22(18-14-20)24(4,5)6;1-2/h9-18,23-24H,1-8H3;7-18H,1-6H3;1-2H3/b;9-7+,10-8+;/t23-,24+,29?;;. The van der Waals surface area contributed by atoms with Crippen LogP contribution in [0.3, 0.4) is 0 Å². The van der Waals surface area contributed by atoms with Gasteiger partial charge in [0.15, 0.2) is 7.29 Å². The van der Waals surface area contributed by atoms with Crippen LogP contribution in [0, 0.1) is 0 Å². The highest BCUT2D eigenvalue weighted by atomic mass is 31.2. The van der Waals surface area contributed by atoms with Gasteiger partial charge in [0.2, 0.25) is 0 Å². The minimum atomic E-state index is -2.70. The highest BCUT2D eigenvalue weighted by molar-refractivity contribution is 7.63. The zero-order valence-electron chi connectivity index (χ0n) is 37.2. The molecule has 1 unspecified atom stereocenters. The van der Waals surface area contributed by atoms with Gasteiger partial charge in [-0.1, -0.05) is 230 Å². The van der Waals surface area contributed by atoms with Gasteiger partial charge < -0.3 is 4.57 Å². The van der Waals surface area contributed by atoms with E-state index in [2.05, 4.69) is 217 Å². The predicted molar refractivity (Wildman–Crippen MR) is 246 cm³/mol. The van der Waals surface area contributed by atoms with E-state index in [1.165, 1.54) is 33.4 Å². The molecule has 4 aromatic rings. The lowest BCUT2D eigenvalue weighted by molar-refractivity contribution is 0.505. The summed E-state index contributed by atoms with van der Waals surface area (Å²) >= 11 is 0. The van der Waals surface area contributed by atoms with Crippen LogP contribution in [0.4, 0.5) is 0 Å². The van der Waals surface area contributed by atoms with Gasteiger partial charge in [0, 0.05) is 0 Å². The predicted octanol–water partition coefficient (Wildman–Crippen LogP) is 15.5. The lowest BCUT2D eigenvalue weighted by Gasteiger charge is -2.33. The molecular formula is C52H72NOP. The van der Waals surface area contributed by atoms with E-state index in [0.29, 0.717) is 0 Å². The molecule has 3 atom stereocenters. The molecular weight excluding hydrogens is 686 g/mol. The van der Waals surface area contributed by atoms with Crippen LogP contribution in [0.15, 0.2) is 121 Å². The third-order valence-corrected chi connectivity index (χ3v) is 14.2. The summed E-state index contributed by atoms with van der Waals surface area (Å²) in [4.78, 5) is 0. The Morgan fingerprint density at radius 2 is 0.673 bits per heavy atom. The molecule has 0 aliphatic carbocycles. The van der Waals surface area contributed by atoms with Crippen LogP contribution in [0.1, 0.15) is 153 Å². The monoisotopic (exact) mass is 758 g/mol. The van der Waals surface area contributed by atoms with Crippen LogP contribution >= 0.6 is 7.29 Å². The molecule has 0 N–H and O–H groups in total. The zero-order valence-corrected chi connectivity index (χ0v) is 38.1. The van der Waals surface area contributed by atoms with E-state index in [1.807, 2.05) is 32.6 Å². The summed E-state index contributed by atoms with van der Waals surface area (Å²) in [7, 11) is 1.22. The van der Waals surface area contributed by atoms with Gasteiger partial charge in [-0.05, 0) is 80.3 Å². The molecule has 5 rings (SSSR count). The fourth-order valence-corrected chi connectivity index (χ4v) is 9.89. The van der Waals surface area contributed by atoms with Gasteiger partial charge in [0.25, 0.3) is 0 Å². The minimum Gasteiger partial charge on any atom is -0.305 e. The number of allylic oxidation sites excluding steroid dienone is 4. The van der Waals surface area contributed by atoms with E-state index < -0.39 is 7.29 Å². The number of nitrogens with zero attached hydrogens (tertiary/aromatic N) is 1. The van der Waals surface area contributed by atoms with E-state index >= 15 is 0 Å². The Balaban J connectivity index is 0.000000288. The van der Waals surface area contributed by atoms with Gasteiger partial charge in [-0.3, -0.25) is 4.67 Å². The molecule has 0 amide bonds. The first kappa shape index (κ1) is 45.7. The van der Waals surface area contributed by atoms with Gasteiger partial charge in [0.1, 0.15) is 0 Å². The molecule has 296 valence electrons. The average Bonchev–Trinajstić information content (AvgIpc) is 3.48. The number of hydrogen-bond acceptors (Lipinski definition) is 1. The first-order valence-electron chi connectivity index (χ1n) is 20.2. The van der Waals surface area contributed by atoms with Crippen LogP contribution in [0.25, 0.3) is 12.2 Å². The Kier molecular flexibility index (Phi) is 15.4. The fraction of sp³-hybridized carbons (Fsp3) is 0.423. The second-order valence-electron chi connectivity index (χ2n) is 19.0. The molecule has 1 heterocycles. The summed E-state index contributed by atoms with van der Waals surface area (Å²) in [6.07, 6.45) is 12.8. The van der Waals surface area contributed by atoms with Crippen molar-refractivity contribution >= 4 is 19.4 Å². The first-order chi connectivity index (χ1) is 25.5. The van der Waals surface area contributed by atoms with E-state index in [1.54, 1.807) is 0 Å². The molecule has 1 aliphatic rings. The van der Waals surface area contributed by atoms with Crippen molar-refractivity contribution in [1.82, 2.24) is 4.67 Å². The van der Waals surface area contributed by atoms with Crippen LogP contribution in [0.2, 0.25) is 0 Å². The van der Waals surface area contributed by atoms with E-state index in [9.17, 15) is 4.57 Å². The largest absolute Gasteiger partial charge is 0.305 e. The Hall–Kier alpha value is -3.71. The molecule has 0 saturated heterocycles. The molecule has 0 saturated carbocycles. The molecule has 2 nitrogen and oxygen atoms in total. The maximum atomic E-state index is 14.4. The fourth-order valence-electron chi connectivity index (χ4n) is 6.66. The van der Waals surface area contributed by atoms with Gasteiger partial charge in [-0.15, -0.1) is 0 Å². The van der Waals surface area contributed by atoms with Crippen molar-refractivity contribution in [2.75, 3.05) is 14.1 Å². The van der Waals surface area contributed by atoms with Crippen molar-refractivity contribution in [3.8, 4) is 0 Å². The topological polar surface area (TPSA) is 20.3 Å². The second kappa shape index (κ2) is 18.5. The van der Waals surface area contributed by atoms with Crippen molar-refractivity contribution < 1.29 is 4.57 Å². The number of hydrogen-bond donors (Lipinski definition) is 0.